The fourth-order valence-corrected chi connectivity index (χ4v) is 5.51. The maximum atomic E-state index is 13.1. The Balaban J connectivity index is 1.47. The summed E-state index contributed by atoms with van der Waals surface area (Å²) in [4.78, 5) is 14.8. The minimum Gasteiger partial charge on any atom is -0.379 e. The summed E-state index contributed by atoms with van der Waals surface area (Å²) in [5.41, 5.74) is 3.00. The summed E-state index contributed by atoms with van der Waals surface area (Å²) in [6, 6.07) is 14.9. The number of hydrogen-bond donors (Lipinski definition) is 0. The molecule has 1 aliphatic heterocycles. The summed E-state index contributed by atoms with van der Waals surface area (Å²) in [6.07, 6.45) is 3.66. The highest BCUT2D eigenvalue weighted by Crippen LogP contribution is 2.23. The Morgan fingerprint density at radius 1 is 1.09 bits per heavy atom. The maximum absolute atomic E-state index is 13.1. The monoisotopic (exact) mass is 468 g/mol. The Morgan fingerprint density at radius 2 is 1.82 bits per heavy atom. The average Bonchev–Trinajstić information content (AvgIpc) is 3.26. The standard InChI is InChI=1S/C24H28N4O4S/c1-19-8-9-22(14-23(19)33(30,31)28-10-12-32-13-11-28)24(29)26(2)16-21-15-25-27(18-21)17-20-6-4-3-5-7-20/h3-9,14-15,18H,10-13,16-17H2,1-2H3. The van der Waals surface area contributed by atoms with Gasteiger partial charge in [0, 0.05) is 44.0 Å². The van der Waals surface area contributed by atoms with Crippen LogP contribution in [0.4, 0.5) is 0 Å². The predicted octanol–water partition coefficient (Wildman–Crippen LogP) is 2.53. The molecular formula is C24H28N4O4S. The van der Waals surface area contributed by atoms with E-state index >= 15 is 0 Å². The van der Waals surface area contributed by atoms with E-state index in [-0.39, 0.29) is 10.8 Å². The first-order chi connectivity index (χ1) is 15.8. The number of aryl methyl sites for hydroxylation is 1. The van der Waals surface area contributed by atoms with Gasteiger partial charge in [-0.25, -0.2) is 8.42 Å². The minimum atomic E-state index is -3.69. The Bertz CT molecular complexity index is 1220. The van der Waals surface area contributed by atoms with E-state index in [0.29, 0.717) is 50.5 Å². The molecule has 2 aromatic carbocycles. The van der Waals surface area contributed by atoms with Crippen LogP contribution in [0.15, 0.2) is 65.8 Å². The van der Waals surface area contributed by atoms with Crippen LogP contribution in [-0.2, 0) is 27.8 Å². The van der Waals surface area contributed by atoms with Crippen LogP contribution in [0, 0.1) is 6.92 Å². The fourth-order valence-electron chi connectivity index (χ4n) is 3.85. The van der Waals surface area contributed by atoms with Gasteiger partial charge in [0.1, 0.15) is 0 Å². The quantitative estimate of drug-likeness (QED) is 0.532. The summed E-state index contributed by atoms with van der Waals surface area (Å²) in [5, 5.41) is 4.39. The van der Waals surface area contributed by atoms with Gasteiger partial charge in [-0.2, -0.15) is 9.40 Å². The van der Waals surface area contributed by atoms with Gasteiger partial charge in [-0.1, -0.05) is 36.4 Å². The summed E-state index contributed by atoms with van der Waals surface area (Å²) < 4.78 is 34.8. The number of carbonyl (C=O) groups is 1. The molecular weight excluding hydrogens is 440 g/mol. The molecule has 0 bridgehead atoms. The lowest BCUT2D eigenvalue weighted by molar-refractivity contribution is 0.0730. The van der Waals surface area contributed by atoms with Crippen LogP contribution < -0.4 is 0 Å². The zero-order chi connectivity index (χ0) is 23.4. The molecule has 0 unspecified atom stereocenters. The second kappa shape index (κ2) is 9.86. The van der Waals surface area contributed by atoms with E-state index in [4.69, 9.17) is 4.74 Å². The van der Waals surface area contributed by atoms with Crippen molar-refractivity contribution in [2.45, 2.75) is 24.9 Å². The molecule has 1 aliphatic rings. The number of hydrogen-bond acceptors (Lipinski definition) is 5. The van der Waals surface area contributed by atoms with Gasteiger partial charge in [-0.15, -0.1) is 0 Å². The van der Waals surface area contributed by atoms with Crippen molar-refractivity contribution in [2.75, 3.05) is 33.4 Å². The fraction of sp³-hybridized carbons (Fsp3) is 0.333. The Hall–Kier alpha value is -3.01. The molecule has 2 heterocycles. The minimum absolute atomic E-state index is 0.166. The molecule has 1 aromatic heterocycles. The number of aromatic nitrogens is 2. The highest BCUT2D eigenvalue weighted by atomic mass is 32.2. The number of amides is 1. The highest BCUT2D eigenvalue weighted by molar-refractivity contribution is 7.89. The van der Waals surface area contributed by atoms with Crippen molar-refractivity contribution < 1.29 is 17.9 Å². The van der Waals surface area contributed by atoms with E-state index in [1.807, 2.05) is 41.2 Å². The number of carbonyl (C=O) groups excluding carboxylic acids is 1. The smallest absolute Gasteiger partial charge is 0.253 e. The summed E-state index contributed by atoms with van der Waals surface area (Å²) in [7, 11) is -1.99. The molecule has 0 radical (unpaired) electrons. The lowest BCUT2D eigenvalue weighted by Crippen LogP contribution is -2.41. The lowest BCUT2D eigenvalue weighted by atomic mass is 10.1. The third-order valence-electron chi connectivity index (χ3n) is 5.66. The van der Waals surface area contributed by atoms with E-state index in [1.165, 1.54) is 10.4 Å². The Kier molecular flexibility index (Phi) is 6.92. The molecule has 0 N–H and O–H groups in total. The second-order valence-corrected chi connectivity index (χ2v) is 10.1. The molecule has 3 aromatic rings. The molecule has 4 rings (SSSR count). The number of rotatable bonds is 7. The number of sulfonamides is 1. The molecule has 0 atom stereocenters. The van der Waals surface area contributed by atoms with Crippen LogP contribution in [0.3, 0.4) is 0 Å². The first-order valence-electron chi connectivity index (χ1n) is 10.8. The van der Waals surface area contributed by atoms with E-state index in [2.05, 4.69) is 5.10 Å². The van der Waals surface area contributed by atoms with Crippen molar-refractivity contribution in [2.24, 2.45) is 0 Å². The Labute approximate surface area is 194 Å². The normalized spacial score (nSPS) is 14.8. The van der Waals surface area contributed by atoms with E-state index < -0.39 is 10.0 Å². The van der Waals surface area contributed by atoms with Crippen LogP contribution in [-0.4, -0.2) is 66.7 Å². The van der Waals surface area contributed by atoms with Gasteiger partial charge in [-0.05, 0) is 30.2 Å². The third-order valence-corrected chi connectivity index (χ3v) is 7.70. The van der Waals surface area contributed by atoms with E-state index in [1.54, 1.807) is 37.2 Å². The van der Waals surface area contributed by atoms with Crippen molar-refractivity contribution in [1.82, 2.24) is 19.0 Å². The molecule has 33 heavy (non-hydrogen) atoms. The molecule has 9 heteroatoms. The largest absolute Gasteiger partial charge is 0.379 e. The summed E-state index contributed by atoms with van der Waals surface area (Å²) in [5.74, 6) is -0.246. The van der Waals surface area contributed by atoms with Crippen molar-refractivity contribution in [3.63, 3.8) is 0 Å². The number of benzene rings is 2. The molecule has 0 spiro atoms. The van der Waals surface area contributed by atoms with Crippen molar-refractivity contribution in [3.05, 3.63) is 83.2 Å². The first-order valence-corrected chi connectivity index (χ1v) is 12.3. The molecule has 174 valence electrons. The van der Waals surface area contributed by atoms with Gasteiger partial charge in [0.05, 0.1) is 30.9 Å². The van der Waals surface area contributed by atoms with E-state index in [0.717, 1.165) is 11.1 Å². The molecule has 1 saturated heterocycles. The van der Waals surface area contributed by atoms with Gasteiger partial charge in [-0.3, -0.25) is 9.48 Å². The summed E-state index contributed by atoms with van der Waals surface area (Å²) in [6.45, 7) is 4.13. The topological polar surface area (TPSA) is 84.7 Å². The lowest BCUT2D eigenvalue weighted by Gasteiger charge is -2.27. The molecule has 0 saturated carbocycles. The van der Waals surface area contributed by atoms with Crippen molar-refractivity contribution in [3.8, 4) is 0 Å². The van der Waals surface area contributed by atoms with Gasteiger partial charge in [0.15, 0.2) is 0 Å². The second-order valence-electron chi connectivity index (χ2n) is 8.19. The zero-order valence-electron chi connectivity index (χ0n) is 18.8. The van der Waals surface area contributed by atoms with Crippen LogP contribution in [0.1, 0.15) is 27.0 Å². The first kappa shape index (κ1) is 23.2. The van der Waals surface area contributed by atoms with Gasteiger partial charge in [0.2, 0.25) is 10.0 Å². The van der Waals surface area contributed by atoms with Crippen molar-refractivity contribution >= 4 is 15.9 Å². The van der Waals surface area contributed by atoms with E-state index in [9.17, 15) is 13.2 Å². The van der Waals surface area contributed by atoms with Crippen LogP contribution in [0.25, 0.3) is 0 Å². The Morgan fingerprint density at radius 3 is 2.55 bits per heavy atom. The SMILES string of the molecule is Cc1ccc(C(=O)N(C)Cc2cnn(Cc3ccccc3)c2)cc1S(=O)(=O)N1CCOCC1. The molecule has 0 aliphatic carbocycles. The van der Waals surface area contributed by atoms with Crippen LogP contribution in [0.2, 0.25) is 0 Å². The molecule has 1 fully saturated rings. The number of ether oxygens (including phenoxy) is 1. The maximum Gasteiger partial charge on any atom is 0.253 e. The van der Waals surface area contributed by atoms with Gasteiger partial charge < -0.3 is 9.64 Å². The summed E-state index contributed by atoms with van der Waals surface area (Å²) >= 11 is 0. The predicted molar refractivity (Wildman–Crippen MR) is 124 cm³/mol. The van der Waals surface area contributed by atoms with Crippen LogP contribution >= 0.6 is 0 Å². The van der Waals surface area contributed by atoms with Crippen LogP contribution in [0.5, 0.6) is 0 Å². The molecule has 1 amide bonds. The number of nitrogens with zero attached hydrogens (tertiary/aromatic N) is 4. The average molecular weight is 469 g/mol. The van der Waals surface area contributed by atoms with Crippen molar-refractivity contribution in [1.29, 1.82) is 0 Å². The van der Waals surface area contributed by atoms with Gasteiger partial charge >= 0.3 is 0 Å². The highest BCUT2D eigenvalue weighted by Gasteiger charge is 2.28. The zero-order valence-corrected chi connectivity index (χ0v) is 19.7. The van der Waals surface area contributed by atoms with Gasteiger partial charge in [0.25, 0.3) is 5.91 Å². The third kappa shape index (κ3) is 5.32. The number of morpholine rings is 1. The molecule has 8 nitrogen and oxygen atoms in total.